The number of benzene rings is 3. The summed E-state index contributed by atoms with van der Waals surface area (Å²) in [6, 6.07) is 13.5. The number of aromatic hydroxyl groups is 2. The van der Waals surface area contributed by atoms with E-state index in [9.17, 15) is 53.7 Å². The maximum absolute atomic E-state index is 14.0. The summed E-state index contributed by atoms with van der Waals surface area (Å²) in [7, 11) is 0. The van der Waals surface area contributed by atoms with E-state index in [1.165, 1.54) is 43.0 Å². The molecule has 11 N–H and O–H groups in total. The van der Waals surface area contributed by atoms with E-state index in [2.05, 4.69) is 31.9 Å². The lowest BCUT2D eigenvalue weighted by molar-refractivity contribution is -0.142. The van der Waals surface area contributed by atoms with Crippen molar-refractivity contribution in [2.75, 3.05) is 19.7 Å². The van der Waals surface area contributed by atoms with Gasteiger partial charge in [-0.05, 0) is 60.7 Å². The number of aliphatic hydroxyl groups excluding tert-OH is 1. The zero-order valence-electron chi connectivity index (χ0n) is 33.8. The standard InChI is InChI=1S/C42H52N8O11/c1-24(45-40(59)32(46-25(2)52)20-27-10-14-29(53)15-11-27)38(57)48-31(19-26-7-4-3-5-8-26)39(58)44-22-36(55)47-33(21-28-12-16-30(54)17-13-28)42(61)50-18-6-9-35(50)41(60)49-34(23-51)37(43)56/h3-5,7-8,10-17,24,31-35,51,53-54H,6,9,18-23H2,1-2H3,(H2,43,56)(H,44,58)(H,45,59)(H,46,52)(H,47,55)(H,48,57)(H,49,60)/t24-,31-,32-,33-,34-,35-/m0/s1. The van der Waals surface area contributed by atoms with Gasteiger partial charge in [-0.2, -0.15) is 0 Å². The molecule has 0 unspecified atom stereocenters. The fourth-order valence-electron chi connectivity index (χ4n) is 6.64. The van der Waals surface area contributed by atoms with Crippen molar-refractivity contribution in [2.45, 2.75) is 82.2 Å². The van der Waals surface area contributed by atoms with Crippen LogP contribution in [0.15, 0.2) is 78.9 Å². The lowest BCUT2D eigenvalue weighted by Gasteiger charge is -2.29. The number of likely N-dealkylation sites (tertiary alicyclic amines) is 1. The molecule has 19 heteroatoms. The minimum Gasteiger partial charge on any atom is -0.508 e. The largest absolute Gasteiger partial charge is 0.508 e. The third-order valence-electron chi connectivity index (χ3n) is 9.85. The smallest absolute Gasteiger partial charge is 0.246 e. The van der Waals surface area contributed by atoms with Crippen LogP contribution in [0.1, 0.15) is 43.4 Å². The van der Waals surface area contributed by atoms with Crippen LogP contribution in [0.2, 0.25) is 0 Å². The minimum atomic E-state index is -1.37. The number of hydrogen-bond acceptors (Lipinski definition) is 11. The second-order valence-electron chi connectivity index (χ2n) is 14.6. The zero-order chi connectivity index (χ0) is 44.6. The highest BCUT2D eigenvalue weighted by Gasteiger charge is 2.39. The summed E-state index contributed by atoms with van der Waals surface area (Å²) < 4.78 is 0. The number of nitrogens with one attached hydrogen (secondary N) is 6. The number of nitrogens with two attached hydrogens (primary N) is 1. The van der Waals surface area contributed by atoms with Crippen molar-refractivity contribution in [3.8, 4) is 11.5 Å². The van der Waals surface area contributed by atoms with Crippen molar-refractivity contribution in [1.29, 1.82) is 0 Å². The van der Waals surface area contributed by atoms with Crippen LogP contribution in [-0.2, 0) is 57.6 Å². The summed E-state index contributed by atoms with van der Waals surface area (Å²) in [4.78, 5) is 106. The van der Waals surface area contributed by atoms with Crippen molar-refractivity contribution in [3.05, 3.63) is 95.6 Å². The van der Waals surface area contributed by atoms with Gasteiger partial charge in [0.25, 0.3) is 0 Å². The van der Waals surface area contributed by atoms with Crippen LogP contribution in [0.25, 0.3) is 0 Å². The van der Waals surface area contributed by atoms with Crippen LogP contribution in [0.5, 0.6) is 11.5 Å². The van der Waals surface area contributed by atoms with Gasteiger partial charge in [-0.25, -0.2) is 0 Å². The van der Waals surface area contributed by atoms with Crippen LogP contribution in [0.4, 0.5) is 0 Å². The Morgan fingerprint density at radius 1 is 0.672 bits per heavy atom. The van der Waals surface area contributed by atoms with Crippen molar-refractivity contribution in [1.82, 2.24) is 36.8 Å². The Balaban J connectivity index is 1.45. The van der Waals surface area contributed by atoms with Gasteiger partial charge in [0.05, 0.1) is 13.2 Å². The number of nitrogens with zero attached hydrogens (tertiary/aromatic N) is 1. The van der Waals surface area contributed by atoms with Gasteiger partial charge >= 0.3 is 0 Å². The van der Waals surface area contributed by atoms with Crippen molar-refractivity contribution >= 4 is 47.3 Å². The first-order valence-electron chi connectivity index (χ1n) is 19.6. The number of aliphatic hydroxyl groups is 1. The van der Waals surface area contributed by atoms with Crippen LogP contribution in [-0.4, -0.2) is 123 Å². The number of amides is 8. The lowest BCUT2D eigenvalue weighted by Crippen LogP contribution is -2.58. The lowest BCUT2D eigenvalue weighted by atomic mass is 10.0. The fraction of sp³-hybridized carbons (Fsp3) is 0.381. The monoisotopic (exact) mass is 844 g/mol. The fourth-order valence-corrected chi connectivity index (χ4v) is 6.64. The van der Waals surface area contributed by atoms with E-state index in [1.54, 1.807) is 54.6 Å². The van der Waals surface area contributed by atoms with E-state index in [0.29, 0.717) is 23.1 Å². The topological polar surface area (TPSA) is 299 Å². The molecule has 4 rings (SSSR count). The number of phenolic OH excluding ortho intramolecular Hbond substituents is 2. The summed E-state index contributed by atoms with van der Waals surface area (Å²) in [5.41, 5.74) is 7.09. The van der Waals surface area contributed by atoms with E-state index in [0.717, 1.165) is 0 Å². The second kappa shape index (κ2) is 22.4. The van der Waals surface area contributed by atoms with Gasteiger partial charge in [0.1, 0.15) is 47.8 Å². The molecule has 0 saturated carbocycles. The van der Waals surface area contributed by atoms with Crippen molar-refractivity contribution in [2.24, 2.45) is 5.73 Å². The van der Waals surface area contributed by atoms with E-state index in [-0.39, 0.29) is 43.7 Å². The highest BCUT2D eigenvalue weighted by atomic mass is 16.3. The predicted octanol–water partition coefficient (Wildman–Crippen LogP) is -1.83. The molecule has 1 aliphatic heterocycles. The highest BCUT2D eigenvalue weighted by molar-refractivity contribution is 5.97. The number of phenols is 2. The van der Waals surface area contributed by atoms with Gasteiger partial charge < -0.3 is 57.9 Å². The third-order valence-corrected chi connectivity index (χ3v) is 9.85. The molecule has 0 bridgehead atoms. The summed E-state index contributed by atoms with van der Waals surface area (Å²) in [6.45, 7) is 1.39. The molecule has 1 aliphatic rings. The van der Waals surface area contributed by atoms with Crippen molar-refractivity contribution < 1.29 is 53.7 Å². The molecule has 0 aliphatic carbocycles. The van der Waals surface area contributed by atoms with Crippen molar-refractivity contribution in [3.63, 3.8) is 0 Å². The Morgan fingerprint density at radius 2 is 1.21 bits per heavy atom. The number of primary amides is 1. The molecule has 3 aromatic rings. The van der Waals surface area contributed by atoms with Crippen LogP contribution in [0.3, 0.4) is 0 Å². The first kappa shape index (κ1) is 46.7. The zero-order valence-corrected chi connectivity index (χ0v) is 33.8. The molecule has 0 spiro atoms. The Hall–Kier alpha value is -7.02. The van der Waals surface area contributed by atoms with Gasteiger partial charge in [0.2, 0.25) is 47.3 Å². The van der Waals surface area contributed by atoms with Gasteiger partial charge in [-0.3, -0.25) is 38.4 Å². The van der Waals surface area contributed by atoms with E-state index in [4.69, 9.17) is 5.73 Å². The molecule has 1 fully saturated rings. The minimum absolute atomic E-state index is 0.0106. The first-order valence-corrected chi connectivity index (χ1v) is 19.6. The number of hydrogen-bond donors (Lipinski definition) is 10. The van der Waals surface area contributed by atoms with Gasteiger partial charge in [-0.1, -0.05) is 54.6 Å². The summed E-state index contributed by atoms with van der Waals surface area (Å²) in [5.74, 6) is -5.79. The van der Waals surface area contributed by atoms with E-state index >= 15 is 0 Å². The van der Waals surface area contributed by atoms with Gasteiger partial charge in [0, 0.05) is 32.7 Å². The number of carbonyl (C=O) groups is 8. The highest BCUT2D eigenvalue weighted by Crippen LogP contribution is 2.21. The third kappa shape index (κ3) is 14.3. The first-order chi connectivity index (χ1) is 29.0. The average Bonchev–Trinajstić information content (AvgIpc) is 3.73. The quantitative estimate of drug-likeness (QED) is 0.0604. The molecule has 1 saturated heterocycles. The van der Waals surface area contributed by atoms with E-state index in [1.807, 2.05) is 0 Å². The molecule has 61 heavy (non-hydrogen) atoms. The second-order valence-corrected chi connectivity index (χ2v) is 14.6. The summed E-state index contributed by atoms with van der Waals surface area (Å²) >= 11 is 0. The molecule has 0 radical (unpaired) electrons. The molecule has 8 amide bonds. The Kier molecular flexibility index (Phi) is 17.1. The molecule has 1 heterocycles. The van der Waals surface area contributed by atoms with Gasteiger partial charge in [-0.15, -0.1) is 0 Å². The molecular weight excluding hydrogens is 793 g/mol. The summed E-state index contributed by atoms with van der Waals surface area (Å²) in [6.07, 6.45) is 0.629. The van der Waals surface area contributed by atoms with Crippen LogP contribution < -0.4 is 37.6 Å². The molecular formula is C42H52N8O11. The Labute approximate surface area is 351 Å². The number of rotatable bonds is 20. The average molecular weight is 845 g/mol. The Bertz CT molecular complexity index is 2030. The molecule has 0 aromatic heterocycles. The normalized spacial score (nSPS) is 15.8. The maximum atomic E-state index is 14.0. The maximum Gasteiger partial charge on any atom is 0.246 e. The molecule has 19 nitrogen and oxygen atoms in total. The van der Waals surface area contributed by atoms with E-state index < -0.39 is 96.7 Å². The molecule has 326 valence electrons. The van der Waals surface area contributed by atoms with Crippen LogP contribution >= 0.6 is 0 Å². The van der Waals surface area contributed by atoms with Gasteiger partial charge in [0.15, 0.2) is 0 Å². The summed E-state index contributed by atoms with van der Waals surface area (Å²) in [5, 5.41) is 44.1. The van der Waals surface area contributed by atoms with Crippen LogP contribution in [0, 0.1) is 0 Å². The Morgan fingerprint density at radius 3 is 1.75 bits per heavy atom. The molecule has 3 aromatic carbocycles. The predicted molar refractivity (Wildman–Crippen MR) is 219 cm³/mol. The number of carbonyl (C=O) groups excluding carboxylic acids is 8. The molecule has 6 atom stereocenters. The SMILES string of the molecule is CC(=O)N[C@@H](Cc1ccc(O)cc1)C(=O)N[C@@H](C)C(=O)N[C@@H](Cc1ccccc1)C(=O)NCC(=O)N[C@@H](Cc1ccc(O)cc1)C(=O)N1CCC[C@H]1C(=O)N[C@@H](CO)C(N)=O.